The minimum atomic E-state index is -0.417. The van der Waals surface area contributed by atoms with E-state index in [1.807, 2.05) is 89.2 Å². The van der Waals surface area contributed by atoms with Gasteiger partial charge in [0.05, 0.1) is 22.6 Å². The van der Waals surface area contributed by atoms with Crippen molar-refractivity contribution in [1.82, 2.24) is 14.5 Å². The van der Waals surface area contributed by atoms with Crippen molar-refractivity contribution in [2.45, 2.75) is 40.7 Å². The average molecular weight is 440 g/mol. The molecule has 5 nitrogen and oxygen atoms in total. The monoisotopic (exact) mass is 439 g/mol. The molecule has 1 amide bonds. The van der Waals surface area contributed by atoms with Gasteiger partial charge in [-0.15, -0.1) is 0 Å². The fourth-order valence-corrected chi connectivity index (χ4v) is 4.42. The molecule has 4 aromatic rings. The Kier molecular flexibility index (Phi) is 6.14. The first kappa shape index (κ1) is 22.5. The predicted molar refractivity (Wildman–Crippen MR) is 133 cm³/mol. The first-order valence-electron chi connectivity index (χ1n) is 11.3. The van der Waals surface area contributed by atoms with E-state index in [2.05, 4.69) is 6.07 Å². The van der Waals surface area contributed by atoms with Gasteiger partial charge in [-0.3, -0.25) is 14.2 Å². The van der Waals surface area contributed by atoms with Gasteiger partial charge in [0.2, 0.25) is 0 Å². The SMILES string of the molecule is CCN(C(=O)c1ccccc1C)C(C)c1nc2ccccc2c(=O)n1-c1ccc(C)cc1C. The lowest BCUT2D eigenvalue weighted by molar-refractivity contribution is 0.0692. The molecular weight excluding hydrogens is 410 g/mol. The third kappa shape index (κ3) is 4.07. The van der Waals surface area contributed by atoms with E-state index in [9.17, 15) is 9.59 Å². The lowest BCUT2D eigenvalue weighted by Gasteiger charge is -2.30. The molecule has 1 heterocycles. The smallest absolute Gasteiger partial charge is 0.266 e. The van der Waals surface area contributed by atoms with Gasteiger partial charge in [-0.05, 0) is 70.0 Å². The fraction of sp³-hybridized carbons (Fsp3) is 0.250. The molecule has 3 aromatic carbocycles. The molecular formula is C28H29N3O2. The van der Waals surface area contributed by atoms with E-state index in [-0.39, 0.29) is 11.5 Å². The van der Waals surface area contributed by atoms with Crippen molar-refractivity contribution < 1.29 is 4.79 Å². The Morgan fingerprint density at radius 1 is 0.970 bits per heavy atom. The maximum Gasteiger partial charge on any atom is 0.266 e. The highest BCUT2D eigenvalue weighted by Gasteiger charge is 2.27. The van der Waals surface area contributed by atoms with Gasteiger partial charge < -0.3 is 4.90 Å². The van der Waals surface area contributed by atoms with Crippen LogP contribution in [-0.4, -0.2) is 26.9 Å². The van der Waals surface area contributed by atoms with E-state index >= 15 is 0 Å². The number of para-hydroxylation sites is 1. The first-order valence-corrected chi connectivity index (χ1v) is 11.3. The van der Waals surface area contributed by atoms with Crippen LogP contribution in [0.1, 0.15) is 52.8 Å². The first-order chi connectivity index (χ1) is 15.8. The molecule has 33 heavy (non-hydrogen) atoms. The van der Waals surface area contributed by atoms with Gasteiger partial charge in [-0.2, -0.15) is 0 Å². The molecule has 0 saturated carbocycles. The van der Waals surface area contributed by atoms with Gasteiger partial charge in [0.15, 0.2) is 0 Å². The van der Waals surface area contributed by atoms with E-state index in [1.54, 1.807) is 15.5 Å². The summed E-state index contributed by atoms with van der Waals surface area (Å²) in [4.78, 5) is 33.9. The van der Waals surface area contributed by atoms with E-state index in [4.69, 9.17) is 4.98 Å². The summed E-state index contributed by atoms with van der Waals surface area (Å²) < 4.78 is 1.68. The number of benzene rings is 3. The van der Waals surface area contributed by atoms with Gasteiger partial charge in [0.25, 0.3) is 11.5 Å². The summed E-state index contributed by atoms with van der Waals surface area (Å²) in [6, 6.07) is 20.5. The average Bonchev–Trinajstić information content (AvgIpc) is 2.80. The molecule has 168 valence electrons. The standard InChI is InChI=1S/C28H29N3O2/c1-6-30(27(32)22-12-8-7-11-19(22)3)21(5)26-29-24-14-10-9-13-23(24)28(33)31(26)25-16-15-18(2)17-20(25)4/h7-17,21H,6H2,1-5H3. The van der Waals surface area contributed by atoms with Gasteiger partial charge in [0.1, 0.15) is 5.82 Å². The fourth-order valence-electron chi connectivity index (χ4n) is 4.42. The summed E-state index contributed by atoms with van der Waals surface area (Å²) >= 11 is 0. The number of hydrogen-bond donors (Lipinski definition) is 0. The molecule has 0 bridgehead atoms. The summed E-state index contributed by atoms with van der Waals surface area (Å²) in [5.74, 6) is 0.479. The van der Waals surface area contributed by atoms with Gasteiger partial charge >= 0.3 is 0 Å². The maximum absolute atomic E-state index is 13.7. The van der Waals surface area contributed by atoms with Crippen LogP contribution in [-0.2, 0) is 0 Å². The largest absolute Gasteiger partial charge is 0.329 e. The number of carbonyl (C=O) groups is 1. The van der Waals surface area contributed by atoms with Gasteiger partial charge in [-0.25, -0.2) is 4.98 Å². The summed E-state index contributed by atoms with van der Waals surface area (Å²) in [7, 11) is 0. The van der Waals surface area contributed by atoms with Crippen molar-refractivity contribution in [2.75, 3.05) is 6.54 Å². The molecule has 4 rings (SSSR count). The molecule has 0 aliphatic heterocycles. The number of nitrogens with zero attached hydrogens (tertiary/aromatic N) is 3. The van der Waals surface area contributed by atoms with Crippen molar-refractivity contribution >= 4 is 16.8 Å². The second-order valence-corrected chi connectivity index (χ2v) is 8.50. The van der Waals surface area contributed by atoms with Crippen LogP contribution in [0.5, 0.6) is 0 Å². The Balaban J connectivity index is 1.94. The summed E-state index contributed by atoms with van der Waals surface area (Å²) in [5.41, 5.74) is 4.97. The number of fused-ring (bicyclic) bond motifs is 1. The minimum absolute atomic E-state index is 0.0716. The Bertz CT molecular complexity index is 1400. The van der Waals surface area contributed by atoms with Crippen molar-refractivity contribution in [1.29, 1.82) is 0 Å². The topological polar surface area (TPSA) is 55.2 Å². The molecule has 0 spiro atoms. The van der Waals surface area contributed by atoms with E-state index in [1.165, 1.54) is 0 Å². The molecule has 1 unspecified atom stereocenters. The van der Waals surface area contributed by atoms with Crippen LogP contribution < -0.4 is 5.56 Å². The highest BCUT2D eigenvalue weighted by atomic mass is 16.2. The number of hydrogen-bond acceptors (Lipinski definition) is 3. The van der Waals surface area contributed by atoms with Gasteiger partial charge in [0, 0.05) is 12.1 Å². The number of carbonyl (C=O) groups excluding carboxylic acids is 1. The molecule has 0 saturated heterocycles. The van der Waals surface area contributed by atoms with Crippen LogP contribution in [0.2, 0.25) is 0 Å². The predicted octanol–water partition coefficient (Wildman–Crippen LogP) is 5.53. The number of aromatic nitrogens is 2. The van der Waals surface area contributed by atoms with Crippen LogP contribution in [0.4, 0.5) is 0 Å². The third-order valence-electron chi connectivity index (χ3n) is 6.21. The van der Waals surface area contributed by atoms with E-state index < -0.39 is 6.04 Å². The van der Waals surface area contributed by atoms with Crippen LogP contribution in [0.15, 0.2) is 71.5 Å². The molecule has 1 atom stereocenters. The molecule has 1 aromatic heterocycles. The number of aryl methyl sites for hydroxylation is 3. The quantitative estimate of drug-likeness (QED) is 0.411. The zero-order chi connectivity index (χ0) is 23.7. The lowest BCUT2D eigenvalue weighted by Crippen LogP contribution is -2.37. The summed E-state index contributed by atoms with van der Waals surface area (Å²) in [6.07, 6.45) is 0. The Hall–Kier alpha value is -3.73. The number of rotatable bonds is 5. The molecule has 0 N–H and O–H groups in total. The second kappa shape index (κ2) is 9.02. The molecule has 0 fully saturated rings. The zero-order valence-electron chi connectivity index (χ0n) is 19.8. The second-order valence-electron chi connectivity index (χ2n) is 8.50. The Morgan fingerprint density at radius 3 is 2.36 bits per heavy atom. The van der Waals surface area contributed by atoms with Gasteiger partial charge in [-0.1, -0.05) is 48.0 Å². The highest BCUT2D eigenvalue weighted by Crippen LogP contribution is 2.26. The highest BCUT2D eigenvalue weighted by molar-refractivity contribution is 5.95. The minimum Gasteiger partial charge on any atom is -0.329 e. The summed E-state index contributed by atoms with van der Waals surface area (Å²) in [6.45, 7) is 10.3. The molecule has 5 heteroatoms. The van der Waals surface area contributed by atoms with Crippen molar-refractivity contribution in [3.8, 4) is 5.69 Å². The normalized spacial score (nSPS) is 12.0. The number of amides is 1. The molecule has 0 aliphatic carbocycles. The molecule has 0 aliphatic rings. The van der Waals surface area contributed by atoms with Crippen molar-refractivity contribution in [2.24, 2.45) is 0 Å². The van der Waals surface area contributed by atoms with Crippen LogP contribution >= 0.6 is 0 Å². The maximum atomic E-state index is 13.7. The molecule has 0 radical (unpaired) electrons. The Morgan fingerprint density at radius 2 is 1.67 bits per heavy atom. The lowest BCUT2D eigenvalue weighted by atomic mass is 10.1. The van der Waals surface area contributed by atoms with Crippen LogP contribution in [0.3, 0.4) is 0 Å². The van der Waals surface area contributed by atoms with Crippen molar-refractivity contribution in [3.05, 3.63) is 105 Å². The Labute approximate surface area is 194 Å². The van der Waals surface area contributed by atoms with E-state index in [0.29, 0.717) is 28.8 Å². The zero-order valence-corrected chi connectivity index (χ0v) is 19.8. The van der Waals surface area contributed by atoms with Crippen LogP contribution in [0.25, 0.3) is 16.6 Å². The summed E-state index contributed by atoms with van der Waals surface area (Å²) in [5, 5.41) is 0.557. The third-order valence-corrected chi connectivity index (χ3v) is 6.21. The van der Waals surface area contributed by atoms with E-state index in [0.717, 1.165) is 22.4 Å². The van der Waals surface area contributed by atoms with Crippen LogP contribution in [0, 0.1) is 20.8 Å². The van der Waals surface area contributed by atoms with Crippen molar-refractivity contribution in [3.63, 3.8) is 0 Å².